The number of nitrogens with zero attached hydrogens (tertiary/aromatic N) is 4. The number of pyridine rings is 1. The normalized spacial score (nSPS) is 16.9. The second kappa shape index (κ2) is 15.5. The van der Waals surface area contributed by atoms with Crippen LogP contribution in [0, 0.1) is 52.7 Å². The van der Waals surface area contributed by atoms with Crippen LogP contribution in [0.15, 0.2) is 120 Å². The number of hydrogen-bond acceptors (Lipinski definition) is 3. The van der Waals surface area contributed by atoms with Gasteiger partial charge in [-0.05, 0) is 123 Å². The van der Waals surface area contributed by atoms with Crippen molar-refractivity contribution in [3.05, 3.63) is 161 Å². The number of hydrogen-bond donors (Lipinski definition) is 0. The average molecular weight is 990 g/mol. The summed E-state index contributed by atoms with van der Waals surface area (Å²) >= 11 is 0. The Hall–Kier alpha value is -5.77. The van der Waals surface area contributed by atoms with E-state index < -0.39 is 0 Å². The molecule has 3 aromatic heterocycles. The van der Waals surface area contributed by atoms with Gasteiger partial charge in [-0.2, -0.15) is 6.07 Å². The maximum Gasteiger partial charge on any atom is 2.00 e. The molecule has 1 aliphatic heterocycles. The Kier molecular flexibility index (Phi) is 10.1. The summed E-state index contributed by atoms with van der Waals surface area (Å²) in [6, 6.07) is 47.8. The largest absolute Gasteiger partial charge is 2.00 e. The summed E-state index contributed by atoms with van der Waals surface area (Å²) in [4.78, 5) is 10.5. The van der Waals surface area contributed by atoms with Crippen molar-refractivity contribution in [3.63, 3.8) is 0 Å². The number of fused-ring (bicyclic) bond motifs is 6. The zero-order valence-corrected chi connectivity index (χ0v) is 38.6. The van der Waals surface area contributed by atoms with E-state index in [1.807, 2.05) is 12.3 Å². The van der Waals surface area contributed by atoms with Gasteiger partial charge in [-0.3, -0.25) is 4.99 Å². The van der Waals surface area contributed by atoms with Gasteiger partial charge in [0.25, 0.3) is 0 Å². The Morgan fingerprint density at radius 2 is 1.37 bits per heavy atom. The third-order valence-corrected chi connectivity index (χ3v) is 13.6. The summed E-state index contributed by atoms with van der Waals surface area (Å²) in [5.41, 5.74) is 17.5. The van der Waals surface area contributed by atoms with Crippen molar-refractivity contribution >= 4 is 49.6 Å². The molecule has 1 fully saturated rings. The van der Waals surface area contributed by atoms with Gasteiger partial charge in [0.1, 0.15) is 18.2 Å². The second-order valence-corrected chi connectivity index (χ2v) is 18.1. The Balaban J connectivity index is 0.00000458. The first-order chi connectivity index (χ1) is 29.6. The SMILES string of the molecule is Cc1cc(C)c(-c2cc(C3=N[C@](C)(C4CCCCC4)CO3)[c-]c(-n3c4[c-]c(-n5c6ccc(-c7ccccc7)cc6c6cccnc65)c(C)cc4c4cc(C)ccc43)c2)c(C)c1.[Pt+2]. The maximum atomic E-state index is 6.63. The number of aromatic nitrogens is 3. The van der Waals surface area contributed by atoms with E-state index in [1.54, 1.807) is 0 Å². The molecule has 0 N–H and O–H groups in total. The monoisotopic (exact) mass is 989 g/mol. The minimum atomic E-state index is -0.238. The van der Waals surface area contributed by atoms with Crippen molar-refractivity contribution < 1.29 is 25.8 Å². The van der Waals surface area contributed by atoms with Crippen LogP contribution >= 0.6 is 0 Å². The third kappa shape index (κ3) is 6.63. The van der Waals surface area contributed by atoms with E-state index in [9.17, 15) is 0 Å². The standard InChI is InChI=1S/C56H50N4O.Pt/c1-34-19-21-49-46(26-34)47-27-36(3)51(60-50-22-20-40(39-14-9-7-10-15-39)31-48(50)45-18-13-23-57-54(45)60)32-52(47)59(49)44-29-41(53-37(4)24-35(2)25-38(53)5)28-42(30-44)55-58-56(6,33-61-55)43-16-11-8-12-17-43;/h7,9-10,13-15,18-29,31,43H,8,11-12,16-17,33H2,1-6H3;/q-2;+2/t56-;/m0./s1. The molecule has 62 heavy (non-hydrogen) atoms. The summed E-state index contributed by atoms with van der Waals surface area (Å²) in [5, 5.41) is 4.63. The molecule has 1 saturated carbocycles. The number of aliphatic imine (C=N–C) groups is 1. The van der Waals surface area contributed by atoms with Crippen molar-refractivity contribution in [2.75, 3.05) is 6.61 Å². The predicted octanol–water partition coefficient (Wildman–Crippen LogP) is 13.9. The minimum absolute atomic E-state index is 0. The molecule has 0 bridgehead atoms. The molecule has 0 radical (unpaired) electrons. The molecule has 0 unspecified atom stereocenters. The second-order valence-electron chi connectivity index (χ2n) is 18.1. The first-order valence-electron chi connectivity index (χ1n) is 22.0. The van der Waals surface area contributed by atoms with Gasteiger partial charge in [0.2, 0.25) is 0 Å². The summed E-state index contributed by atoms with van der Waals surface area (Å²) in [7, 11) is 0. The Labute approximate surface area is 378 Å². The van der Waals surface area contributed by atoms with Crippen LogP contribution in [0.1, 0.15) is 72.4 Å². The number of aryl methyl sites for hydroxylation is 5. The quantitative estimate of drug-likeness (QED) is 0.156. The fraction of sp³-hybridized carbons (Fsp3) is 0.250. The van der Waals surface area contributed by atoms with Gasteiger partial charge >= 0.3 is 21.1 Å². The van der Waals surface area contributed by atoms with Crippen molar-refractivity contribution in [2.45, 2.75) is 79.2 Å². The maximum absolute atomic E-state index is 6.63. The van der Waals surface area contributed by atoms with Crippen molar-refractivity contribution in [1.29, 1.82) is 0 Å². The zero-order chi connectivity index (χ0) is 41.6. The Bertz CT molecular complexity index is 3230. The average Bonchev–Trinajstić information content (AvgIpc) is 3.93. The van der Waals surface area contributed by atoms with Crippen LogP contribution in [-0.2, 0) is 25.8 Å². The van der Waals surface area contributed by atoms with Crippen molar-refractivity contribution in [3.8, 4) is 33.6 Å². The Morgan fingerprint density at radius 3 is 2.16 bits per heavy atom. The van der Waals surface area contributed by atoms with Crippen LogP contribution < -0.4 is 0 Å². The van der Waals surface area contributed by atoms with E-state index >= 15 is 0 Å². The van der Waals surface area contributed by atoms with Gasteiger partial charge in [0.15, 0.2) is 0 Å². The third-order valence-electron chi connectivity index (χ3n) is 13.6. The molecule has 4 heterocycles. The predicted molar refractivity (Wildman–Crippen MR) is 253 cm³/mol. The fourth-order valence-electron chi connectivity index (χ4n) is 10.7. The van der Waals surface area contributed by atoms with E-state index in [0.29, 0.717) is 18.4 Å². The zero-order valence-electron chi connectivity index (χ0n) is 36.3. The number of benzene rings is 6. The minimum Gasteiger partial charge on any atom is -0.518 e. The molecule has 0 spiro atoms. The molecule has 6 aromatic carbocycles. The smallest absolute Gasteiger partial charge is 0.518 e. The van der Waals surface area contributed by atoms with Gasteiger partial charge < -0.3 is 13.9 Å². The summed E-state index contributed by atoms with van der Waals surface area (Å²) < 4.78 is 11.3. The molecule has 0 saturated heterocycles. The molecule has 1 aliphatic carbocycles. The first-order valence-corrected chi connectivity index (χ1v) is 22.0. The molecule has 6 heteroatoms. The van der Waals surface area contributed by atoms with Crippen molar-refractivity contribution in [2.24, 2.45) is 10.9 Å². The molecular formula is C56H50N4OPt. The molecule has 310 valence electrons. The molecular weight excluding hydrogens is 940 g/mol. The molecule has 9 aromatic rings. The first kappa shape index (κ1) is 40.3. The van der Waals surface area contributed by atoms with Crippen LogP contribution in [-0.4, -0.2) is 32.2 Å². The number of rotatable bonds is 6. The molecule has 5 nitrogen and oxygen atoms in total. The van der Waals surface area contributed by atoms with Crippen LogP contribution in [0.2, 0.25) is 0 Å². The van der Waals surface area contributed by atoms with E-state index in [2.05, 4.69) is 166 Å². The van der Waals surface area contributed by atoms with Gasteiger partial charge in [-0.15, -0.1) is 35.2 Å². The van der Waals surface area contributed by atoms with E-state index in [-0.39, 0.29) is 26.6 Å². The van der Waals surface area contributed by atoms with Gasteiger partial charge in [0.05, 0.1) is 11.1 Å². The van der Waals surface area contributed by atoms with Gasteiger partial charge in [-0.25, -0.2) is 4.98 Å². The van der Waals surface area contributed by atoms with E-state index in [0.717, 1.165) is 61.0 Å². The van der Waals surface area contributed by atoms with Crippen LogP contribution in [0.5, 0.6) is 0 Å². The van der Waals surface area contributed by atoms with Crippen LogP contribution in [0.25, 0.3) is 77.4 Å². The van der Waals surface area contributed by atoms with E-state index in [4.69, 9.17) is 14.7 Å². The van der Waals surface area contributed by atoms with E-state index in [1.165, 1.54) is 81.8 Å². The molecule has 1 atom stereocenters. The topological polar surface area (TPSA) is 44.3 Å². The molecule has 2 aliphatic rings. The Morgan fingerprint density at radius 1 is 0.629 bits per heavy atom. The van der Waals surface area contributed by atoms with Crippen LogP contribution in [0.3, 0.4) is 0 Å². The van der Waals surface area contributed by atoms with Crippen molar-refractivity contribution in [1.82, 2.24) is 14.1 Å². The molecule has 11 rings (SSSR count). The van der Waals surface area contributed by atoms with Gasteiger partial charge in [0, 0.05) is 22.5 Å². The summed E-state index contributed by atoms with van der Waals surface area (Å²) in [5.74, 6) is 1.22. The molecule has 0 amide bonds. The summed E-state index contributed by atoms with van der Waals surface area (Å²) in [6.45, 7) is 13.9. The summed E-state index contributed by atoms with van der Waals surface area (Å²) in [6.07, 6.45) is 8.18. The fourth-order valence-corrected chi connectivity index (χ4v) is 10.7. The van der Waals surface area contributed by atoms with Crippen LogP contribution in [0.4, 0.5) is 0 Å². The van der Waals surface area contributed by atoms with Gasteiger partial charge in [-0.1, -0.05) is 120 Å². The number of ether oxygens (including phenoxy) is 1.